The topological polar surface area (TPSA) is 44.8 Å². The van der Waals surface area contributed by atoms with Crippen LogP contribution in [-0.4, -0.2) is 25.0 Å². The molecule has 3 rings (SSSR count). The summed E-state index contributed by atoms with van der Waals surface area (Å²) >= 11 is 0. The van der Waals surface area contributed by atoms with Gasteiger partial charge in [-0.05, 0) is 30.2 Å². The maximum atomic E-state index is 13.7. The van der Waals surface area contributed by atoms with Crippen molar-refractivity contribution in [3.05, 3.63) is 29.1 Å². The molecule has 2 atom stereocenters. The van der Waals surface area contributed by atoms with Crippen molar-refractivity contribution in [1.82, 2.24) is 0 Å². The third-order valence-electron chi connectivity index (χ3n) is 3.45. The lowest BCUT2D eigenvalue weighted by atomic mass is 9.92. The Morgan fingerprint density at radius 2 is 2.22 bits per heavy atom. The summed E-state index contributed by atoms with van der Waals surface area (Å²) in [6.07, 6.45) is 0.128. The fourth-order valence-corrected chi connectivity index (χ4v) is 2.49. The second kappa shape index (κ2) is 3.68. The van der Waals surface area contributed by atoms with E-state index in [1.807, 2.05) is 0 Å². The van der Waals surface area contributed by atoms with E-state index >= 15 is 0 Å². The molecule has 1 aromatic rings. The van der Waals surface area contributed by atoms with Crippen molar-refractivity contribution >= 4 is 5.97 Å². The minimum Gasteiger partial charge on any atom is -0.494 e. The molecule has 0 saturated carbocycles. The van der Waals surface area contributed by atoms with Crippen molar-refractivity contribution in [2.24, 2.45) is 0 Å². The molecule has 0 aromatic heterocycles. The molecule has 0 radical (unpaired) electrons. The van der Waals surface area contributed by atoms with Crippen molar-refractivity contribution in [3.63, 3.8) is 0 Å². The molecule has 0 amide bonds. The molecule has 0 spiro atoms. The van der Waals surface area contributed by atoms with Gasteiger partial charge in [0, 0.05) is 12.8 Å². The second-order valence-corrected chi connectivity index (χ2v) is 4.82. The number of carbonyl (C=O) groups excluding carboxylic acids is 1. The smallest absolute Gasteiger partial charge is 0.340 e. The Morgan fingerprint density at radius 3 is 2.94 bits per heavy atom. The minimum atomic E-state index is -0.973. The molecule has 0 N–H and O–H groups in total. The zero-order valence-corrected chi connectivity index (χ0v) is 10.2. The first-order valence-electron chi connectivity index (χ1n) is 5.76. The van der Waals surface area contributed by atoms with E-state index in [-0.39, 0.29) is 11.7 Å². The molecule has 1 fully saturated rings. The first-order valence-corrected chi connectivity index (χ1v) is 5.76. The van der Waals surface area contributed by atoms with Crippen LogP contribution >= 0.6 is 0 Å². The molecule has 96 valence electrons. The standard InChI is InChI=1S/C13H13FO4/c1-13-6-8-4-10(16-2)9(14)3-7(8)5-11(18-13)17-12(13)15/h3-4,11H,5-6H2,1-2H3/t11-,13+/m1/s1. The number of esters is 1. The highest BCUT2D eigenvalue weighted by Crippen LogP contribution is 2.37. The number of rotatable bonds is 1. The van der Waals surface area contributed by atoms with Crippen molar-refractivity contribution in [2.75, 3.05) is 7.11 Å². The predicted octanol–water partition coefficient (Wildman–Crippen LogP) is 1.59. The van der Waals surface area contributed by atoms with E-state index in [2.05, 4.69) is 0 Å². The van der Waals surface area contributed by atoms with Crippen LogP contribution in [0.5, 0.6) is 5.75 Å². The van der Waals surface area contributed by atoms with Crippen LogP contribution in [0.1, 0.15) is 18.1 Å². The van der Waals surface area contributed by atoms with Crippen LogP contribution in [-0.2, 0) is 27.1 Å². The van der Waals surface area contributed by atoms with Crippen molar-refractivity contribution < 1.29 is 23.4 Å². The Morgan fingerprint density at radius 1 is 1.44 bits per heavy atom. The van der Waals surface area contributed by atoms with Crippen molar-refractivity contribution in [1.29, 1.82) is 0 Å². The summed E-state index contributed by atoms with van der Waals surface area (Å²) < 4.78 is 29.3. The monoisotopic (exact) mass is 252 g/mol. The highest BCUT2D eigenvalue weighted by atomic mass is 19.1. The average molecular weight is 252 g/mol. The number of ether oxygens (including phenoxy) is 3. The largest absolute Gasteiger partial charge is 0.494 e. The van der Waals surface area contributed by atoms with Gasteiger partial charge < -0.3 is 14.2 Å². The molecular formula is C13H13FO4. The fourth-order valence-electron chi connectivity index (χ4n) is 2.49. The summed E-state index contributed by atoms with van der Waals surface area (Å²) in [6.45, 7) is 1.69. The third kappa shape index (κ3) is 1.58. The van der Waals surface area contributed by atoms with Crippen LogP contribution in [0.25, 0.3) is 0 Å². The summed E-state index contributed by atoms with van der Waals surface area (Å²) in [5, 5.41) is 0. The van der Waals surface area contributed by atoms with Crippen molar-refractivity contribution in [2.45, 2.75) is 31.7 Å². The van der Waals surface area contributed by atoms with Crippen molar-refractivity contribution in [3.8, 4) is 5.75 Å². The van der Waals surface area contributed by atoms with Crippen LogP contribution in [0.2, 0.25) is 0 Å². The van der Waals surface area contributed by atoms with Gasteiger partial charge in [-0.25, -0.2) is 9.18 Å². The minimum absolute atomic E-state index is 0.184. The van der Waals surface area contributed by atoms with E-state index in [0.717, 1.165) is 11.1 Å². The Hall–Kier alpha value is -1.62. The maximum Gasteiger partial charge on any atom is 0.340 e. The van der Waals surface area contributed by atoms with Gasteiger partial charge in [0.1, 0.15) is 0 Å². The van der Waals surface area contributed by atoms with Gasteiger partial charge in [0.05, 0.1) is 7.11 Å². The molecule has 0 aliphatic carbocycles. The maximum absolute atomic E-state index is 13.7. The summed E-state index contributed by atoms with van der Waals surface area (Å²) in [6, 6.07) is 3.06. The van der Waals surface area contributed by atoms with E-state index in [1.165, 1.54) is 13.2 Å². The Labute approximate surface area is 104 Å². The number of methoxy groups -OCH3 is 1. The summed E-state index contributed by atoms with van der Waals surface area (Å²) in [4.78, 5) is 11.7. The van der Waals surface area contributed by atoms with Crippen LogP contribution in [0.3, 0.4) is 0 Å². The molecule has 2 bridgehead atoms. The highest BCUT2D eigenvalue weighted by molar-refractivity contribution is 5.81. The summed E-state index contributed by atoms with van der Waals surface area (Å²) in [5.74, 6) is -0.588. The van der Waals surface area contributed by atoms with Gasteiger partial charge in [-0.3, -0.25) is 0 Å². The van der Waals surface area contributed by atoms with E-state index in [4.69, 9.17) is 14.2 Å². The van der Waals surface area contributed by atoms with E-state index in [0.29, 0.717) is 12.8 Å². The lowest BCUT2D eigenvalue weighted by molar-refractivity contribution is -0.145. The molecule has 0 unspecified atom stereocenters. The average Bonchev–Trinajstić information content (AvgIpc) is 2.50. The Kier molecular flexibility index (Phi) is 2.35. The Bertz CT molecular complexity index is 528. The van der Waals surface area contributed by atoms with Crippen LogP contribution in [0, 0.1) is 5.82 Å². The number of carbonyl (C=O) groups is 1. The van der Waals surface area contributed by atoms with Crippen LogP contribution in [0.15, 0.2) is 12.1 Å². The number of hydrogen-bond acceptors (Lipinski definition) is 4. The summed E-state index contributed by atoms with van der Waals surface area (Å²) in [7, 11) is 1.42. The first-order chi connectivity index (χ1) is 8.51. The van der Waals surface area contributed by atoms with E-state index in [9.17, 15) is 9.18 Å². The zero-order valence-electron chi connectivity index (χ0n) is 10.2. The molecule has 18 heavy (non-hydrogen) atoms. The molecular weight excluding hydrogens is 239 g/mol. The quantitative estimate of drug-likeness (QED) is 0.712. The fraction of sp³-hybridized carbons (Fsp3) is 0.462. The summed E-state index contributed by atoms with van der Waals surface area (Å²) in [5.41, 5.74) is 0.697. The first kappa shape index (κ1) is 11.5. The Balaban J connectivity index is 2.08. The molecule has 5 heteroatoms. The third-order valence-corrected chi connectivity index (χ3v) is 3.45. The van der Waals surface area contributed by atoms with Gasteiger partial charge >= 0.3 is 5.97 Å². The van der Waals surface area contributed by atoms with Gasteiger partial charge in [-0.2, -0.15) is 0 Å². The molecule has 2 aliphatic heterocycles. The number of fused-ring (bicyclic) bond motifs is 3. The van der Waals surface area contributed by atoms with Gasteiger partial charge in [0.15, 0.2) is 17.2 Å². The molecule has 2 aliphatic rings. The molecule has 1 saturated heterocycles. The lowest BCUT2D eigenvalue weighted by Gasteiger charge is -2.18. The SMILES string of the molecule is COc1cc2c(cc1F)C[C@@H]1OC(=O)[C@](C)(C2)O1. The number of hydrogen-bond donors (Lipinski definition) is 0. The zero-order chi connectivity index (χ0) is 12.9. The second-order valence-electron chi connectivity index (χ2n) is 4.82. The van der Waals surface area contributed by atoms with E-state index < -0.39 is 17.7 Å². The van der Waals surface area contributed by atoms with Crippen LogP contribution in [0.4, 0.5) is 4.39 Å². The molecule has 1 aromatic carbocycles. The normalized spacial score (nSPS) is 29.5. The predicted molar refractivity (Wildman–Crippen MR) is 59.7 cm³/mol. The van der Waals surface area contributed by atoms with Gasteiger partial charge in [0.25, 0.3) is 0 Å². The van der Waals surface area contributed by atoms with E-state index in [1.54, 1.807) is 13.0 Å². The lowest BCUT2D eigenvalue weighted by Crippen LogP contribution is -2.34. The number of benzene rings is 1. The van der Waals surface area contributed by atoms with Gasteiger partial charge in [0.2, 0.25) is 6.29 Å². The highest BCUT2D eigenvalue weighted by Gasteiger charge is 2.49. The molecule has 4 nitrogen and oxygen atoms in total. The molecule has 2 heterocycles. The van der Waals surface area contributed by atoms with Crippen LogP contribution < -0.4 is 4.74 Å². The van der Waals surface area contributed by atoms with Gasteiger partial charge in [-0.1, -0.05) is 0 Å². The number of halogens is 1. The van der Waals surface area contributed by atoms with Gasteiger partial charge in [-0.15, -0.1) is 0 Å².